The summed E-state index contributed by atoms with van der Waals surface area (Å²) in [4.78, 5) is 31.8. The minimum Gasteiger partial charge on any atom is -0.361 e. The van der Waals surface area contributed by atoms with Gasteiger partial charge in [-0.15, -0.1) is 0 Å². The van der Waals surface area contributed by atoms with Gasteiger partial charge in [-0.25, -0.2) is 0 Å². The van der Waals surface area contributed by atoms with Crippen molar-refractivity contribution in [3.05, 3.63) is 36.0 Å². The molecule has 0 aliphatic carbocycles. The van der Waals surface area contributed by atoms with E-state index in [-0.39, 0.29) is 11.8 Å². The van der Waals surface area contributed by atoms with Gasteiger partial charge in [0, 0.05) is 56.2 Å². The Morgan fingerprint density at radius 1 is 1.15 bits per heavy atom. The van der Waals surface area contributed by atoms with Crippen LogP contribution in [0.25, 0.3) is 10.9 Å². The first-order valence-electron chi connectivity index (χ1n) is 9.99. The molecule has 2 heterocycles. The fourth-order valence-electron chi connectivity index (χ4n) is 3.56. The number of nitrogens with zero attached hydrogens (tertiary/aromatic N) is 2. The molecule has 0 atom stereocenters. The van der Waals surface area contributed by atoms with E-state index in [1.165, 1.54) is 10.9 Å². The van der Waals surface area contributed by atoms with Crippen LogP contribution in [0.1, 0.15) is 31.7 Å². The number of benzene rings is 1. The molecule has 1 aliphatic rings. The van der Waals surface area contributed by atoms with Crippen molar-refractivity contribution in [1.29, 1.82) is 0 Å². The average molecular weight is 370 g/mol. The van der Waals surface area contributed by atoms with Gasteiger partial charge in [0.1, 0.15) is 0 Å². The highest BCUT2D eigenvalue weighted by Gasteiger charge is 2.22. The van der Waals surface area contributed by atoms with Crippen molar-refractivity contribution in [2.75, 3.05) is 39.3 Å². The van der Waals surface area contributed by atoms with E-state index in [0.29, 0.717) is 26.1 Å². The molecule has 1 aromatic carbocycles. The second-order valence-electron chi connectivity index (χ2n) is 7.22. The lowest BCUT2D eigenvalue weighted by Gasteiger charge is -2.34. The van der Waals surface area contributed by atoms with Gasteiger partial charge < -0.3 is 15.2 Å². The number of aromatic amines is 1. The Labute approximate surface area is 160 Å². The Kier molecular flexibility index (Phi) is 6.87. The third-order valence-corrected chi connectivity index (χ3v) is 5.23. The van der Waals surface area contributed by atoms with E-state index >= 15 is 0 Å². The zero-order chi connectivity index (χ0) is 19.1. The fourth-order valence-corrected chi connectivity index (χ4v) is 3.56. The molecular weight excluding hydrogens is 340 g/mol. The maximum Gasteiger partial charge on any atom is 0.234 e. The van der Waals surface area contributed by atoms with Crippen molar-refractivity contribution in [1.82, 2.24) is 20.1 Å². The molecule has 1 fully saturated rings. The molecule has 27 heavy (non-hydrogen) atoms. The number of amides is 2. The van der Waals surface area contributed by atoms with Gasteiger partial charge in [-0.3, -0.25) is 14.5 Å². The normalized spacial score (nSPS) is 15.2. The van der Waals surface area contributed by atoms with Gasteiger partial charge in [0.2, 0.25) is 11.8 Å². The monoisotopic (exact) mass is 370 g/mol. The maximum atomic E-state index is 12.6. The molecule has 6 nitrogen and oxygen atoms in total. The summed E-state index contributed by atoms with van der Waals surface area (Å²) >= 11 is 0. The third-order valence-electron chi connectivity index (χ3n) is 5.23. The van der Waals surface area contributed by atoms with E-state index in [1.807, 2.05) is 23.2 Å². The highest BCUT2D eigenvalue weighted by molar-refractivity contribution is 5.84. The van der Waals surface area contributed by atoms with Gasteiger partial charge in [0.15, 0.2) is 0 Å². The van der Waals surface area contributed by atoms with Crippen molar-refractivity contribution >= 4 is 22.7 Å². The molecule has 1 aliphatic heterocycles. The standard InChI is InChI=1S/C21H30N4O2/c1-2-3-10-22-20(26)16-24-11-13-25(14-12-24)21(27)9-8-17-15-23-19-7-5-4-6-18(17)19/h4-7,15,23H,2-3,8-14,16H2,1H3,(H,22,26). The van der Waals surface area contributed by atoms with Gasteiger partial charge >= 0.3 is 0 Å². The Morgan fingerprint density at radius 2 is 1.93 bits per heavy atom. The van der Waals surface area contributed by atoms with Crippen LogP contribution in [0.15, 0.2) is 30.5 Å². The minimum atomic E-state index is 0.0857. The number of rotatable bonds is 8. The summed E-state index contributed by atoms with van der Waals surface area (Å²) in [5, 5.41) is 4.15. The molecule has 6 heteroatoms. The van der Waals surface area contributed by atoms with Crippen molar-refractivity contribution in [2.24, 2.45) is 0 Å². The number of unbranched alkanes of at least 4 members (excludes halogenated alkanes) is 1. The van der Waals surface area contributed by atoms with Crippen molar-refractivity contribution in [3.63, 3.8) is 0 Å². The number of carbonyl (C=O) groups is 2. The molecule has 2 aromatic rings. The predicted molar refractivity (Wildman–Crippen MR) is 108 cm³/mol. The predicted octanol–water partition coefficient (Wildman–Crippen LogP) is 2.16. The molecule has 0 unspecified atom stereocenters. The van der Waals surface area contributed by atoms with Crippen LogP contribution in [0.2, 0.25) is 0 Å². The number of H-pyrrole nitrogens is 1. The number of carbonyl (C=O) groups excluding carboxylic acids is 2. The van der Waals surface area contributed by atoms with Crippen LogP contribution in [-0.2, 0) is 16.0 Å². The van der Waals surface area contributed by atoms with E-state index in [2.05, 4.69) is 34.3 Å². The molecule has 1 saturated heterocycles. The lowest BCUT2D eigenvalue weighted by atomic mass is 10.1. The molecule has 0 bridgehead atoms. The topological polar surface area (TPSA) is 68.4 Å². The van der Waals surface area contributed by atoms with Crippen LogP contribution in [0.5, 0.6) is 0 Å². The van der Waals surface area contributed by atoms with E-state index in [4.69, 9.17) is 0 Å². The first-order chi connectivity index (χ1) is 13.2. The number of piperazine rings is 1. The van der Waals surface area contributed by atoms with Gasteiger partial charge in [-0.05, 0) is 24.5 Å². The number of aryl methyl sites for hydroxylation is 1. The van der Waals surface area contributed by atoms with E-state index in [1.54, 1.807) is 0 Å². The van der Waals surface area contributed by atoms with Crippen LogP contribution in [-0.4, -0.2) is 65.9 Å². The van der Waals surface area contributed by atoms with Gasteiger partial charge in [-0.2, -0.15) is 0 Å². The average Bonchev–Trinajstić information content (AvgIpc) is 3.10. The summed E-state index contributed by atoms with van der Waals surface area (Å²) in [6, 6.07) is 8.19. The van der Waals surface area contributed by atoms with Crippen LogP contribution >= 0.6 is 0 Å². The summed E-state index contributed by atoms with van der Waals surface area (Å²) in [5.74, 6) is 0.287. The maximum absolute atomic E-state index is 12.6. The molecule has 0 saturated carbocycles. The molecule has 0 spiro atoms. The molecule has 146 valence electrons. The largest absolute Gasteiger partial charge is 0.361 e. The summed E-state index contributed by atoms with van der Waals surface area (Å²) in [7, 11) is 0. The van der Waals surface area contributed by atoms with Crippen LogP contribution in [0.4, 0.5) is 0 Å². The summed E-state index contributed by atoms with van der Waals surface area (Å²) in [6.45, 7) is 6.23. The summed E-state index contributed by atoms with van der Waals surface area (Å²) < 4.78 is 0. The van der Waals surface area contributed by atoms with E-state index in [0.717, 1.165) is 44.4 Å². The van der Waals surface area contributed by atoms with E-state index < -0.39 is 0 Å². The summed E-state index contributed by atoms with van der Waals surface area (Å²) in [5.41, 5.74) is 2.31. The highest BCUT2D eigenvalue weighted by Crippen LogP contribution is 2.19. The van der Waals surface area contributed by atoms with Crippen LogP contribution in [0, 0.1) is 0 Å². The first-order valence-corrected chi connectivity index (χ1v) is 9.99. The molecule has 2 N–H and O–H groups in total. The Bertz CT molecular complexity index is 762. The SMILES string of the molecule is CCCCNC(=O)CN1CCN(C(=O)CCc2c[nH]c3ccccc23)CC1. The number of hydrogen-bond acceptors (Lipinski definition) is 3. The quantitative estimate of drug-likeness (QED) is 0.700. The first kappa shape index (κ1) is 19.4. The smallest absolute Gasteiger partial charge is 0.234 e. The van der Waals surface area contributed by atoms with Crippen molar-refractivity contribution in [2.45, 2.75) is 32.6 Å². The van der Waals surface area contributed by atoms with Crippen LogP contribution in [0.3, 0.4) is 0 Å². The number of fused-ring (bicyclic) bond motifs is 1. The zero-order valence-electron chi connectivity index (χ0n) is 16.2. The number of hydrogen-bond donors (Lipinski definition) is 2. The highest BCUT2D eigenvalue weighted by atomic mass is 16.2. The molecule has 3 rings (SSSR count). The minimum absolute atomic E-state index is 0.0857. The number of aromatic nitrogens is 1. The Hall–Kier alpha value is -2.34. The Morgan fingerprint density at radius 3 is 2.70 bits per heavy atom. The second kappa shape index (κ2) is 9.55. The lowest BCUT2D eigenvalue weighted by Crippen LogP contribution is -2.51. The zero-order valence-corrected chi connectivity index (χ0v) is 16.2. The van der Waals surface area contributed by atoms with E-state index in [9.17, 15) is 9.59 Å². The Balaban J connectivity index is 1.40. The molecular formula is C21H30N4O2. The number of para-hydroxylation sites is 1. The molecule has 1 aromatic heterocycles. The van der Waals surface area contributed by atoms with Gasteiger partial charge in [0.05, 0.1) is 6.54 Å². The van der Waals surface area contributed by atoms with Crippen molar-refractivity contribution < 1.29 is 9.59 Å². The number of nitrogens with one attached hydrogen (secondary N) is 2. The second-order valence-corrected chi connectivity index (χ2v) is 7.22. The van der Waals surface area contributed by atoms with Gasteiger partial charge in [0.25, 0.3) is 0 Å². The fraction of sp³-hybridized carbons (Fsp3) is 0.524. The van der Waals surface area contributed by atoms with Gasteiger partial charge in [-0.1, -0.05) is 31.5 Å². The molecule has 0 radical (unpaired) electrons. The van der Waals surface area contributed by atoms with Crippen molar-refractivity contribution in [3.8, 4) is 0 Å². The molecule has 2 amide bonds. The third kappa shape index (κ3) is 5.32. The summed E-state index contributed by atoms with van der Waals surface area (Å²) in [6.07, 6.45) is 5.39. The lowest BCUT2D eigenvalue weighted by molar-refractivity contribution is -0.133. The van der Waals surface area contributed by atoms with Crippen LogP contribution < -0.4 is 5.32 Å².